The van der Waals surface area contributed by atoms with Crippen molar-refractivity contribution in [3.8, 4) is 0 Å². The normalized spacial score (nSPS) is 19.6. The maximum Gasteiger partial charge on any atom is 0.231 e. The van der Waals surface area contributed by atoms with E-state index in [2.05, 4.69) is 19.1 Å². The van der Waals surface area contributed by atoms with Crippen molar-refractivity contribution in [3.05, 3.63) is 35.4 Å². The summed E-state index contributed by atoms with van der Waals surface area (Å²) in [4.78, 5) is 27.4. The molecule has 1 aromatic rings. The third kappa shape index (κ3) is 4.58. The van der Waals surface area contributed by atoms with Crippen LogP contribution in [-0.2, 0) is 20.9 Å². The number of amides is 2. The van der Waals surface area contributed by atoms with Crippen LogP contribution in [0, 0.1) is 12.8 Å². The van der Waals surface area contributed by atoms with Gasteiger partial charge in [0.05, 0.1) is 19.3 Å². The lowest BCUT2D eigenvalue weighted by Gasteiger charge is -2.42. The van der Waals surface area contributed by atoms with E-state index in [9.17, 15) is 9.59 Å². The number of nitrogens with zero attached hydrogens (tertiary/aromatic N) is 2. The number of rotatable bonds is 6. The Bertz CT molecular complexity index is 620. The van der Waals surface area contributed by atoms with Crippen LogP contribution in [0.5, 0.6) is 0 Å². The second-order valence-electron chi connectivity index (χ2n) is 7.12. The third-order valence-corrected chi connectivity index (χ3v) is 5.21. The van der Waals surface area contributed by atoms with E-state index in [-0.39, 0.29) is 23.8 Å². The van der Waals surface area contributed by atoms with Crippen molar-refractivity contribution in [1.82, 2.24) is 9.80 Å². The number of likely N-dealkylation sites (tertiary alicyclic amines) is 2. The van der Waals surface area contributed by atoms with Crippen LogP contribution in [-0.4, -0.2) is 60.4 Å². The predicted octanol–water partition coefficient (Wildman–Crippen LogP) is 0.920. The molecule has 6 heteroatoms. The molecular formula is C19H27N3O3. The van der Waals surface area contributed by atoms with Gasteiger partial charge in [-0.15, -0.1) is 0 Å². The number of hydrogen-bond acceptors (Lipinski definition) is 4. The lowest BCUT2D eigenvalue weighted by Crippen LogP contribution is -2.57. The van der Waals surface area contributed by atoms with Crippen molar-refractivity contribution in [2.45, 2.75) is 32.5 Å². The molecular weight excluding hydrogens is 318 g/mol. The number of hydrogen-bond donors (Lipinski definition) is 1. The van der Waals surface area contributed by atoms with Crippen LogP contribution in [0.2, 0.25) is 0 Å². The lowest BCUT2D eigenvalue weighted by molar-refractivity contribution is -0.151. The number of primary amides is 1. The summed E-state index contributed by atoms with van der Waals surface area (Å²) in [5, 5.41) is 0. The molecule has 2 aliphatic heterocycles. The Hall–Kier alpha value is -1.92. The monoisotopic (exact) mass is 345 g/mol. The molecule has 0 saturated carbocycles. The smallest absolute Gasteiger partial charge is 0.231 e. The number of ether oxygens (including phenoxy) is 1. The van der Waals surface area contributed by atoms with Crippen LogP contribution in [0.1, 0.15) is 24.0 Å². The van der Waals surface area contributed by atoms with Crippen LogP contribution in [0.4, 0.5) is 0 Å². The lowest BCUT2D eigenvalue weighted by atomic mass is 9.93. The molecule has 0 aliphatic carbocycles. The van der Waals surface area contributed by atoms with Crippen molar-refractivity contribution in [1.29, 1.82) is 0 Å². The van der Waals surface area contributed by atoms with E-state index in [0.29, 0.717) is 26.2 Å². The highest BCUT2D eigenvalue weighted by atomic mass is 16.5. The van der Waals surface area contributed by atoms with Crippen molar-refractivity contribution < 1.29 is 14.3 Å². The van der Waals surface area contributed by atoms with E-state index < -0.39 is 0 Å². The minimum Gasteiger partial charge on any atom is -0.370 e. The molecule has 0 atom stereocenters. The zero-order chi connectivity index (χ0) is 17.8. The summed E-state index contributed by atoms with van der Waals surface area (Å²) < 4.78 is 5.92. The standard InChI is InChI=1S/C19H27N3O3/c1-14-4-2-3-5-16(14)13-25-17-10-22(11-17)19(24)15-6-8-21(9-7-15)12-18(20)23/h2-5,15,17H,6-13H2,1H3,(H2,20,23). The number of benzene rings is 1. The molecule has 3 rings (SSSR count). The first-order valence-electron chi connectivity index (χ1n) is 8.98. The summed E-state index contributed by atoms with van der Waals surface area (Å²) in [6.07, 6.45) is 1.74. The van der Waals surface area contributed by atoms with E-state index in [1.165, 1.54) is 11.1 Å². The van der Waals surface area contributed by atoms with Crippen molar-refractivity contribution in [3.63, 3.8) is 0 Å². The van der Waals surface area contributed by atoms with E-state index in [0.717, 1.165) is 25.9 Å². The number of carbonyl (C=O) groups is 2. The molecule has 0 bridgehead atoms. The van der Waals surface area contributed by atoms with Crippen molar-refractivity contribution in [2.75, 3.05) is 32.7 Å². The quantitative estimate of drug-likeness (QED) is 0.832. The first-order chi connectivity index (χ1) is 12.0. The van der Waals surface area contributed by atoms with Gasteiger partial charge in [-0.25, -0.2) is 0 Å². The van der Waals surface area contributed by atoms with E-state index in [1.807, 2.05) is 21.9 Å². The second-order valence-corrected chi connectivity index (χ2v) is 7.12. The SMILES string of the molecule is Cc1ccccc1COC1CN(C(=O)C2CCN(CC(N)=O)CC2)C1. The first kappa shape index (κ1) is 17.9. The molecule has 2 saturated heterocycles. The fraction of sp³-hybridized carbons (Fsp3) is 0.579. The molecule has 0 radical (unpaired) electrons. The zero-order valence-corrected chi connectivity index (χ0v) is 14.8. The van der Waals surface area contributed by atoms with Crippen LogP contribution in [0.3, 0.4) is 0 Å². The summed E-state index contributed by atoms with van der Waals surface area (Å²) in [6, 6.07) is 8.21. The molecule has 0 unspecified atom stereocenters. The van der Waals surface area contributed by atoms with Crippen LogP contribution in [0.15, 0.2) is 24.3 Å². The van der Waals surface area contributed by atoms with Crippen molar-refractivity contribution >= 4 is 11.8 Å². The second kappa shape index (κ2) is 7.97. The van der Waals surface area contributed by atoms with Crippen LogP contribution >= 0.6 is 0 Å². The van der Waals surface area contributed by atoms with Crippen LogP contribution in [0.25, 0.3) is 0 Å². The Kier molecular flexibility index (Phi) is 5.71. The van der Waals surface area contributed by atoms with Gasteiger partial charge in [-0.05, 0) is 44.0 Å². The van der Waals surface area contributed by atoms with Gasteiger partial charge in [-0.2, -0.15) is 0 Å². The fourth-order valence-corrected chi connectivity index (χ4v) is 3.52. The predicted molar refractivity (Wildman–Crippen MR) is 94.7 cm³/mol. The topological polar surface area (TPSA) is 75.9 Å². The minimum atomic E-state index is -0.304. The highest BCUT2D eigenvalue weighted by molar-refractivity contribution is 5.80. The molecule has 2 heterocycles. The largest absolute Gasteiger partial charge is 0.370 e. The Balaban J connectivity index is 1.37. The van der Waals surface area contributed by atoms with Crippen molar-refractivity contribution in [2.24, 2.45) is 11.7 Å². The number of piperidine rings is 1. The first-order valence-corrected chi connectivity index (χ1v) is 8.98. The van der Waals surface area contributed by atoms with Gasteiger partial charge in [-0.3, -0.25) is 14.5 Å². The molecule has 2 amide bonds. The number of aryl methyl sites for hydroxylation is 1. The highest BCUT2D eigenvalue weighted by Crippen LogP contribution is 2.24. The summed E-state index contributed by atoms with van der Waals surface area (Å²) in [6.45, 7) is 5.88. The molecule has 136 valence electrons. The molecule has 0 aromatic heterocycles. The van der Waals surface area contributed by atoms with E-state index in [4.69, 9.17) is 10.5 Å². The van der Waals surface area contributed by atoms with Gasteiger partial charge in [0.1, 0.15) is 0 Å². The molecule has 2 aliphatic rings. The summed E-state index contributed by atoms with van der Waals surface area (Å²) in [5.41, 5.74) is 7.66. The Labute approximate surface area is 148 Å². The number of carbonyl (C=O) groups excluding carboxylic acids is 2. The average Bonchev–Trinajstić information content (AvgIpc) is 2.55. The van der Waals surface area contributed by atoms with Gasteiger partial charge >= 0.3 is 0 Å². The molecule has 1 aromatic carbocycles. The maximum absolute atomic E-state index is 12.5. The zero-order valence-electron chi connectivity index (χ0n) is 14.8. The van der Waals surface area contributed by atoms with Gasteiger partial charge in [0.2, 0.25) is 11.8 Å². The van der Waals surface area contributed by atoms with Gasteiger partial charge in [-0.1, -0.05) is 24.3 Å². The average molecular weight is 345 g/mol. The Morgan fingerprint density at radius 2 is 1.88 bits per heavy atom. The molecule has 2 fully saturated rings. The maximum atomic E-state index is 12.5. The van der Waals surface area contributed by atoms with Gasteiger partial charge < -0.3 is 15.4 Å². The summed E-state index contributed by atoms with van der Waals surface area (Å²) in [5.74, 6) is -0.00271. The number of nitrogens with two attached hydrogens (primary N) is 1. The van der Waals surface area contributed by atoms with E-state index in [1.54, 1.807) is 0 Å². The van der Waals surface area contributed by atoms with Gasteiger partial charge in [0.15, 0.2) is 0 Å². The highest BCUT2D eigenvalue weighted by Gasteiger charge is 2.36. The molecule has 2 N–H and O–H groups in total. The summed E-state index contributed by atoms with van der Waals surface area (Å²) >= 11 is 0. The summed E-state index contributed by atoms with van der Waals surface area (Å²) in [7, 11) is 0. The molecule has 25 heavy (non-hydrogen) atoms. The van der Waals surface area contributed by atoms with Gasteiger partial charge in [0.25, 0.3) is 0 Å². The van der Waals surface area contributed by atoms with Gasteiger partial charge in [0, 0.05) is 19.0 Å². The minimum absolute atomic E-state index is 0.0708. The fourth-order valence-electron chi connectivity index (χ4n) is 3.52. The molecule has 0 spiro atoms. The Morgan fingerprint density at radius 3 is 2.52 bits per heavy atom. The van der Waals surface area contributed by atoms with Crippen LogP contribution < -0.4 is 5.73 Å². The molecule has 6 nitrogen and oxygen atoms in total. The third-order valence-electron chi connectivity index (χ3n) is 5.21. The van der Waals surface area contributed by atoms with E-state index >= 15 is 0 Å². The Morgan fingerprint density at radius 1 is 1.20 bits per heavy atom.